The average molecular weight is 414 g/mol. The molecule has 0 bridgehead atoms. The maximum Gasteiger partial charge on any atom is 0.335 e. The van der Waals surface area contributed by atoms with Gasteiger partial charge in [-0.25, -0.2) is 9.78 Å². The molecule has 1 aromatic heterocycles. The number of aromatic nitrogens is 1. The number of carbonyl (C=O) groups excluding carboxylic acids is 1. The van der Waals surface area contributed by atoms with E-state index in [0.29, 0.717) is 5.69 Å². The van der Waals surface area contributed by atoms with E-state index in [4.69, 9.17) is 33.7 Å². The highest BCUT2D eigenvalue weighted by Gasteiger charge is 2.22. The molecule has 3 aromatic rings. The molecule has 140 valence electrons. The molecule has 0 amide bonds. The van der Waals surface area contributed by atoms with Gasteiger partial charge < -0.3 is 10.4 Å². The zero-order valence-corrected chi connectivity index (χ0v) is 15.8. The molecule has 0 aliphatic heterocycles. The Morgan fingerprint density at radius 2 is 1.61 bits per heavy atom. The average Bonchev–Trinajstić information content (AvgIpc) is 2.68. The van der Waals surface area contributed by atoms with Crippen LogP contribution in [0.1, 0.15) is 26.3 Å². The van der Waals surface area contributed by atoms with Gasteiger partial charge in [0.2, 0.25) is 5.78 Å². The van der Waals surface area contributed by atoms with E-state index in [1.165, 1.54) is 30.5 Å². The van der Waals surface area contributed by atoms with E-state index in [1.807, 2.05) is 0 Å². The summed E-state index contributed by atoms with van der Waals surface area (Å²) < 4.78 is 0. The second kappa shape index (κ2) is 8.21. The predicted molar refractivity (Wildman–Crippen MR) is 109 cm³/mol. The van der Waals surface area contributed by atoms with Crippen LogP contribution in [-0.2, 0) is 0 Å². The molecule has 2 aromatic carbocycles. The number of carboxylic acids is 1. The number of carboxylic acid groups (broad SMARTS) is 1. The number of Topliss-reactive ketones (excluding diaryl/α,β-unsaturated/α-hetero) is 1. The Morgan fingerprint density at radius 1 is 0.964 bits per heavy atom. The van der Waals surface area contributed by atoms with Gasteiger partial charge in [-0.2, -0.15) is 0 Å². The topological polar surface area (TPSA) is 103 Å². The van der Waals surface area contributed by atoms with Crippen LogP contribution in [0, 0.1) is 5.41 Å². The van der Waals surface area contributed by atoms with Crippen LogP contribution in [0.3, 0.4) is 0 Å². The molecule has 0 saturated heterocycles. The lowest BCUT2D eigenvalue weighted by molar-refractivity contribution is 0.0696. The fourth-order valence-electron chi connectivity index (χ4n) is 2.50. The Bertz CT molecular complexity index is 1060. The number of pyridine rings is 1. The van der Waals surface area contributed by atoms with Crippen LogP contribution in [0.25, 0.3) is 0 Å². The SMILES string of the molecule is N=C(C(=O)c1c(Cl)cccc1Cl)c1cccnc1Nc1ccc(C(=O)O)cc1. The molecule has 0 fully saturated rings. The highest BCUT2D eigenvalue weighted by Crippen LogP contribution is 2.27. The van der Waals surface area contributed by atoms with Crippen molar-refractivity contribution in [3.8, 4) is 0 Å². The van der Waals surface area contributed by atoms with E-state index in [-0.39, 0.29) is 38.3 Å². The van der Waals surface area contributed by atoms with Gasteiger partial charge >= 0.3 is 5.97 Å². The van der Waals surface area contributed by atoms with Crippen LogP contribution in [0.15, 0.2) is 60.8 Å². The fourth-order valence-corrected chi connectivity index (χ4v) is 3.07. The first-order valence-corrected chi connectivity index (χ1v) is 8.77. The number of aromatic carboxylic acids is 1. The molecule has 0 radical (unpaired) electrons. The molecule has 0 spiro atoms. The van der Waals surface area contributed by atoms with E-state index >= 15 is 0 Å². The largest absolute Gasteiger partial charge is 0.478 e. The van der Waals surface area contributed by atoms with Crippen molar-refractivity contribution < 1.29 is 14.7 Å². The van der Waals surface area contributed by atoms with Crippen molar-refractivity contribution in [1.29, 1.82) is 5.41 Å². The Kier molecular flexibility index (Phi) is 5.73. The molecule has 3 N–H and O–H groups in total. The molecule has 1 heterocycles. The first-order chi connectivity index (χ1) is 13.4. The monoisotopic (exact) mass is 413 g/mol. The highest BCUT2D eigenvalue weighted by molar-refractivity contribution is 6.56. The summed E-state index contributed by atoms with van der Waals surface area (Å²) in [4.78, 5) is 27.9. The van der Waals surface area contributed by atoms with E-state index in [9.17, 15) is 9.59 Å². The number of nitrogens with zero attached hydrogens (tertiary/aromatic N) is 1. The third-order valence-electron chi connectivity index (χ3n) is 3.89. The molecular weight excluding hydrogens is 401 g/mol. The van der Waals surface area contributed by atoms with Crippen LogP contribution >= 0.6 is 23.2 Å². The molecule has 8 heteroatoms. The number of rotatable bonds is 6. The van der Waals surface area contributed by atoms with Gasteiger partial charge in [-0.15, -0.1) is 0 Å². The van der Waals surface area contributed by atoms with Crippen molar-refractivity contribution >= 4 is 52.2 Å². The highest BCUT2D eigenvalue weighted by atomic mass is 35.5. The van der Waals surface area contributed by atoms with Crippen LogP contribution in [0.2, 0.25) is 10.0 Å². The van der Waals surface area contributed by atoms with Crippen LogP contribution in [0.5, 0.6) is 0 Å². The molecule has 0 atom stereocenters. The minimum Gasteiger partial charge on any atom is -0.478 e. The van der Waals surface area contributed by atoms with Crippen LogP contribution < -0.4 is 5.32 Å². The quantitative estimate of drug-likeness (QED) is 0.386. The summed E-state index contributed by atoms with van der Waals surface area (Å²) in [6.07, 6.45) is 1.51. The van der Waals surface area contributed by atoms with Crippen molar-refractivity contribution in [3.63, 3.8) is 0 Å². The Morgan fingerprint density at radius 3 is 2.21 bits per heavy atom. The fraction of sp³-hybridized carbons (Fsp3) is 0. The summed E-state index contributed by atoms with van der Waals surface area (Å²) in [6.45, 7) is 0. The minimum absolute atomic E-state index is 0.0523. The summed E-state index contributed by atoms with van der Waals surface area (Å²) in [5.41, 5.74) is 0.680. The van der Waals surface area contributed by atoms with Gasteiger partial charge in [-0.1, -0.05) is 29.3 Å². The molecule has 0 aliphatic rings. The van der Waals surface area contributed by atoms with Gasteiger partial charge in [0.05, 0.1) is 21.2 Å². The third kappa shape index (κ3) is 4.03. The van der Waals surface area contributed by atoms with E-state index in [1.54, 1.807) is 30.3 Å². The summed E-state index contributed by atoms with van der Waals surface area (Å²) in [7, 11) is 0. The zero-order valence-electron chi connectivity index (χ0n) is 14.2. The van der Waals surface area contributed by atoms with Gasteiger partial charge in [0.15, 0.2) is 0 Å². The third-order valence-corrected chi connectivity index (χ3v) is 4.52. The summed E-state index contributed by atoms with van der Waals surface area (Å²) in [5.74, 6) is -1.39. The van der Waals surface area contributed by atoms with E-state index in [2.05, 4.69) is 10.3 Å². The summed E-state index contributed by atoms with van der Waals surface area (Å²) in [6, 6.07) is 13.9. The number of halogens is 2. The molecule has 3 rings (SSSR count). The molecular formula is C20H13Cl2N3O3. The lowest BCUT2D eigenvalue weighted by Crippen LogP contribution is -2.17. The van der Waals surface area contributed by atoms with Gasteiger partial charge in [-0.3, -0.25) is 10.2 Å². The minimum atomic E-state index is -1.03. The predicted octanol–water partition coefficient (Wildman–Crippen LogP) is 5.08. The molecule has 0 saturated carbocycles. The second-order valence-corrected chi connectivity index (χ2v) is 6.52. The number of nitrogens with one attached hydrogen (secondary N) is 2. The lowest BCUT2D eigenvalue weighted by Gasteiger charge is -2.12. The molecule has 28 heavy (non-hydrogen) atoms. The number of benzene rings is 2. The van der Waals surface area contributed by atoms with E-state index in [0.717, 1.165) is 0 Å². The normalized spacial score (nSPS) is 10.4. The van der Waals surface area contributed by atoms with E-state index < -0.39 is 11.8 Å². The Balaban J connectivity index is 1.92. The molecule has 0 unspecified atom stereocenters. The number of hydrogen-bond acceptors (Lipinski definition) is 5. The maximum absolute atomic E-state index is 12.8. The van der Waals surface area contributed by atoms with Gasteiger partial charge in [0, 0.05) is 17.4 Å². The van der Waals surface area contributed by atoms with Crippen molar-refractivity contribution in [2.45, 2.75) is 0 Å². The van der Waals surface area contributed by atoms with Crippen LogP contribution in [0.4, 0.5) is 11.5 Å². The number of ketones is 1. The summed E-state index contributed by atoms with van der Waals surface area (Å²) in [5, 5.41) is 20.6. The smallest absolute Gasteiger partial charge is 0.335 e. The number of anilines is 2. The Hall–Kier alpha value is -3.22. The first-order valence-electron chi connectivity index (χ1n) is 8.01. The number of carbonyl (C=O) groups is 2. The van der Waals surface area contributed by atoms with Crippen molar-refractivity contribution in [3.05, 3.63) is 87.5 Å². The van der Waals surface area contributed by atoms with Crippen molar-refractivity contribution in [2.75, 3.05) is 5.32 Å². The van der Waals surface area contributed by atoms with Crippen LogP contribution in [-0.4, -0.2) is 27.6 Å². The summed E-state index contributed by atoms with van der Waals surface area (Å²) >= 11 is 12.2. The van der Waals surface area contributed by atoms with Gasteiger partial charge in [0.25, 0.3) is 0 Å². The molecule has 6 nitrogen and oxygen atoms in total. The van der Waals surface area contributed by atoms with Crippen molar-refractivity contribution in [1.82, 2.24) is 4.98 Å². The lowest BCUT2D eigenvalue weighted by atomic mass is 10.0. The molecule has 0 aliphatic carbocycles. The maximum atomic E-state index is 12.8. The van der Waals surface area contributed by atoms with Gasteiger partial charge in [0.1, 0.15) is 11.5 Å². The standard InChI is InChI=1S/C20H13Cl2N3O3/c21-14-4-1-5-15(22)16(14)18(26)17(23)13-3-2-10-24-19(13)25-12-8-6-11(7-9-12)20(27)28/h1-10,23H,(H,24,25)(H,27,28). The Labute approximate surface area is 170 Å². The second-order valence-electron chi connectivity index (χ2n) is 5.71. The zero-order chi connectivity index (χ0) is 20.3. The van der Waals surface area contributed by atoms with Crippen molar-refractivity contribution in [2.24, 2.45) is 0 Å². The first kappa shape index (κ1) is 19.5. The number of hydrogen-bond donors (Lipinski definition) is 3. The van der Waals surface area contributed by atoms with Gasteiger partial charge in [-0.05, 0) is 48.5 Å².